The molecule has 4 saturated carbocycles. The Bertz CT molecular complexity index is 820. The highest BCUT2D eigenvalue weighted by molar-refractivity contribution is 5.88. The lowest BCUT2D eigenvalue weighted by molar-refractivity contribution is -0.180. The second-order valence-electron chi connectivity index (χ2n) is 12.8. The molecular weight excluding hydrogens is 424 g/mol. The van der Waals surface area contributed by atoms with Gasteiger partial charge in [-0.25, -0.2) is 0 Å². The van der Waals surface area contributed by atoms with Gasteiger partial charge in [0.15, 0.2) is 0 Å². The van der Waals surface area contributed by atoms with Crippen LogP contribution in [0.1, 0.15) is 92.9 Å². The van der Waals surface area contributed by atoms with Crippen LogP contribution < -0.4 is 10.6 Å². The van der Waals surface area contributed by atoms with Gasteiger partial charge in [0.05, 0.1) is 6.04 Å². The minimum atomic E-state index is -0.228. The predicted molar refractivity (Wildman–Crippen MR) is 136 cm³/mol. The van der Waals surface area contributed by atoms with Crippen molar-refractivity contribution < 1.29 is 14.3 Å². The predicted octanol–water partition coefficient (Wildman–Crippen LogP) is 5.25. The van der Waals surface area contributed by atoms with E-state index in [0.29, 0.717) is 23.3 Å². The summed E-state index contributed by atoms with van der Waals surface area (Å²) in [5.74, 6) is 3.08. The number of nitrogens with one attached hydrogen (secondary N) is 2. The van der Waals surface area contributed by atoms with Crippen LogP contribution in [0.15, 0.2) is 11.6 Å². The molecule has 0 aromatic carbocycles. The van der Waals surface area contributed by atoms with E-state index < -0.39 is 0 Å². The van der Waals surface area contributed by atoms with Crippen molar-refractivity contribution in [3.05, 3.63) is 11.6 Å². The van der Waals surface area contributed by atoms with E-state index in [9.17, 15) is 9.59 Å². The molecule has 0 unspecified atom stereocenters. The molecule has 0 aliphatic heterocycles. The van der Waals surface area contributed by atoms with E-state index >= 15 is 0 Å². The van der Waals surface area contributed by atoms with Crippen molar-refractivity contribution in [2.24, 2.45) is 40.4 Å². The maximum absolute atomic E-state index is 12.6. The van der Waals surface area contributed by atoms with Gasteiger partial charge in [-0.2, -0.15) is 0 Å². The molecule has 0 aromatic rings. The lowest BCUT2D eigenvalue weighted by atomic mass is 9.44. The number of allylic oxidation sites excluding steroid dienone is 1. The molecule has 0 saturated heterocycles. The normalized spacial score (nSPS) is 44.1. The van der Waals surface area contributed by atoms with Crippen LogP contribution >= 0.6 is 0 Å². The number of ether oxygens (including phenoxy) is 1. The highest BCUT2D eigenvalue weighted by atomic mass is 16.5. The molecule has 10 atom stereocenters. The average Bonchev–Trinajstić information content (AvgIpc) is 3.11. The molecule has 0 spiro atoms. The van der Waals surface area contributed by atoms with E-state index in [1.807, 2.05) is 13.8 Å². The molecule has 0 aromatic heterocycles. The maximum atomic E-state index is 12.6. The third kappa shape index (κ3) is 4.35. The topological polar surface area (TPSA) is 67.4 Å². The van der Waals surface area contributed by atoms with Crippen LogP contribution in [0.5, 0.6) is 0 Å². The third-order valence-electron chi connectivity index (χ3n) is 10.9. The van der Waals surface area contributed by atoms with Crippen molar-refractivity contribution in [3.63, 3.8) is 0 Å². The van der Waals surface area contributed by atoms with E-state index in [2.05, 4.69) is 38.5 Å². The van der Waals surface area contributed by atoms with Gasteiger partial charge in [0.25, 0.3) is 0 Å². The Labute approximate surface area is 207 Å². The highest BCUT2D eigenvalue weighted by Crippen LogP contribution is 2.68. The summed E-state index contributed by atoms with van der Waals surface area (Å²) in [6, 6.07) is 0.481. The molecule has 0 radical (unpaired) electrons. The summed E-state index contributed by atoms with van der Waals surface area (Å²) in [6.45, 7) is 12.8. The lowest BCUT2D eigenvalue weighted by Crippen LogP contribution is -2.62. The van der Waals surface area contributed by atoms with Crippen molar-refractivity contribution in [1.29, 1.82) is 0 Å². The fourth-order valence-corrected chi connectivity index (χ4v) is 9.37. The number of hydrogen-bond acceptors (Lipinski definition) is 4. The molecule has 5 heteroatoms. The molecule has 34 heavy (non-hydrogen) atoms. The molecule has 4 aliphatic carbocycles. The summed E-state index contributed by atoms with van der Waals surface area (Å²) >= 11 is 0. The summed E-state index contributed by atoms with van der Waals surface area (Å²) in [5.41, 5.74) is 1.60. The summed E-state index contributed by atoms with van der Waals surface area (Å²) in [5, 5.41) is 6.76. The van der Waals surface area contributed by atoms with E-state index in [1.54, 1.807) is 6.08 Å². The van der Waals surface area contributed by atoms with Crippen molar-refractivity contribution >= 4 is 11.9 Å². The number of carbonyl (C=O) groups excluding carboxylic acids is 2. The van der Waals surface area contributed by atoms with Gasteiger partial charge in [-0.3, -0.25) is 9.59 Å². The molecule has 4 aliphatic rings. The molecule has 1 amide bonds. The minimum Gasteiger partial charge on any atom is -0.460 e. The molecule has 4 rings (SSSR count). The number of esters is 1. The van der Waals surface area contributed by atoms with Gasteiger partial charge in [-0.05, 0) is 114 Å². The van der Waals surface area contributed by atoms with Gasteiger partial charge < -0.3 is 15.4 Å². The summed E-state index contributed by atoms with van der Waals surface area (Å²) in [6.07, 6.45) is 11.1. The van der Waals surface area contributed by atoms with E-state index in [0.717, 1.165) is 42.6 Å². The van der Waals surface area contributed by atoms with Crippen LogP contribution in [0.25, 0.3) is 0 Å². The van der Waals surface area contributed by atoms with E-state index in [4.69, 9.17) is 4.74 Å². The molecule has 0 bridgehead atoms. The first kappa shape index (κ1) is 25.7. The fraction of sp³-hybridized carbons (Fsp3) is 0.862. The van der Waals surface area contributed by atoms with Crippen LogP contribution in [0, 0.1) is 40.4 Å². The Kier molecular flexibility index (Phi) is 7.26. The second kappa shape index (κ2) is 9.59. The molecule has 4 fully saturated rings. The van der Waals surface area contributed by atoms with Gasteiger partial charge in [-0.15, -0.1) is 0 Å². The van der Waals surface area contributed by atoms with Crippen LogP contribution in [0.3, 0.4) is 0 Å². The smallest absolute Gasteiger partial charge is 0.302 e. The number of amides is 1. The van der Waals surface area contributed by atoms with Crippen molar-refractivity contribution in [3.8, 4) is 0 Å². The van der Waals surface area contributed by atoms with Crippen LogP contribution in [0.4, 0.5) is 0 Å². The number of fused-ring (bicyclic) bond motifs is 5. The van der Waals surface area contributed by atoms with Gasteiger partial charge in [0, 0.05) is 25.0 Å². The largest absolute Gasteiger partial charge is 0.460 e. The fourth-order valence-electron chi connectivity index (χ4n) is 9.37. The second-order valence-corrected chi connectivity index (χ2v) is 12.8. The lowest BCUT2D eigenvalue weighted by Gasteiger charge is -2.62. The van der Waals surface area contributed by atoms with E-state index in [1.165, 1.54) is 39.0 Å². The van der Waals surface area contributed by atoms with Gasteiger partial charge in [0.1, 0.15) is 6.10 Å². The monoisotopic (exact) mass is 472 g/mol. The maximum Gasteiger partial charge on any atom is 0.302 e. The summed E-state index contributed by atoms with van der Waals surface area (Å²) in [4.78, 5) is 24.7. The third-order valence-corrected chi connectivity index (χ3v) is 10.9. The Balaban J connectivity index is 1.57. The quantitative estimate of drug-likeness (QED) is 0.424. The molecule has 5 nitrogen and oxygen atoms in total. The number of carbonyl (C=O) groups is 2. The molecule has 0 heterocycles. The average molecular weight is 473 g/mol. The Morgan fingerprint density at radius 2 is 1.56 bits per heavy atom. The van der Waals surface area contributed by atoms with Gasteiger partial charge in [0.2, 0.25) is 5.91 Å². The van der Waals surface area contributed by atoms with Gasteiger partial charge >= 0.3 is 5.97 Å². The molecule has 2 N–H and O–H groups in total. The summed E-state index contributed by atoms with van der Waals surface area (Å²) < 4.78 is 6.01. The van der Waals surface area contributed by atoms with Crippen molar-refractivity contribution in [2.45, 2.75) is 111 Å². The number of rotatable bonds is 5. The van der Waals surface area contributed by atoms with Crippen molar-refractivity contribution in [2.75, 3.05) is 7.05 Å². The zero-order chi connectivity index (χ0) is 24.8. The minimum absolute atomic E-state index is 0.0662. The first-order valence-electron chi connectivity index (χ1n) is 13.8. The zero-order valence-corrected chi connectivity index (χ0v) is 22.6. The van der Waals surface area contributed by atoms with E-state index in [-0.39, 0.29) is 29.4 Å². The number of hydrogen-bond donors (Lipinski definition) is 2. The zero-order valence-electron chi connectivity index (χ0n) is 22.6. The summed E-state index contributed by atoms with van der Waals surface area (Å²) in [7, 11) is 2.11. The highest BCUT2D eigenvalue weighted by Gasteiger charge is 2.62. The van der Waals surface area contributed by atoms with Crippen molar-refractivity contribution in [1.82, 2.24) is 10.6 Å². The van der Waals surface area contributed by atoms with Gasteiger partial charge in [-0.1, -0.05) is 19.4 Å². The first-order chi connectivity index (χ1) is 16.0. The molecule has 192 valence electrons. The van der Waals surface area contributed by atoms with Crippen LogP contribution in [-0.4, -0.2) is 37.1 Å². The Hall–Kier alpha value is -1.36. The standard InChI is InChI=1S/C29H48N2O3/c1-17(2)16-26(33)31-25-13-15-29(6)23-12-14-28(5)21(18(3)30-7)10-11-22(28)20(23)8-9-24(29)27(25)34-19(4)32/h16,18,20-25,27,30H,8-15H2,1-7H3,(H,31,33)/t18-,20-,21+,22-,23-,24-,25-,27+,28+,29+/m0/s1. The van der Waals surface area contributed by atoms with Crippen LogP contribution in [-0.2, 0) is 14.3 Å². The Morgan fingerprint density at radius 3 is 2.21 bits per heavy atom. The first-order valence-corrected chi connectivity index (χ1v) is 13.8. The molecular formula is C29H48N2O3. The SMILES string of the molecule is CN[C@@H](C)[C@H]1CC[C@H]2[C@@H]3CC[C@H]4[C@@H](OC(C)=O)[C@@H](NC(=O)C=C(C)C)CC[C@]4(C)[C@H]3CC[C@]12C. The Morgan fingerprint density at radius 1 is 0.912 bits per heavy atom. The van der Waals surface area contributed by atoms with Crippen LogP contribution in [0.2, 0.25) is 0 Å².